The number of halogens is 2. The standard InChI is InChI=1S/C14H20BrFN2/c1-17(2)13-4-3-7-18(10-13)9-11-5-6-12(16)8-14(11)15/h5-6,8,13H,3-4,7,9-10H2,1-2H3. The molecular formula is C14H20BrFN2. The third kappa shape index (κ3) is 3.53. The molecule has 1 aliphatic rings. The summed E-state index contributed by atoms with van der Waals surface area (Å²) in [7, 11) is 4.28. The molecule has 0 N–H and O–H groups in total. The van der Waals surface area contributed by atoms with Gasteiger partial charge in [0.05, 0.1) is 0 Å². The van der Waals surface area contributed by atoms with Crippen LogP contribution in [0.3, 0.4) is 0 Å². The summed E-state index contributed by atoms with van der Waals surface area (Å²) in [6.07, 6.45) is 2.51. The van der Waals surface area contributed by atoms with Gasteiger partial charge in [-0.15, -0.1) is 0 Å². The molecule has 1 atom stereocenters. The maximum atomic E-state index is 13.0. The molecule has 0 aromatic heterocycles. The molecule has 1 heterocycles. The van der Waals surface area contributed by atoms with E-state index in [1.165, 1.54) is 18.9 Å². The summed E-state index contributed by atoms with van der Waals surface area (Å²) < 4.78 is 13.9. The highest BCUT2D eigenvalue weighted by atomic mass is 79.9. The Balaban J connectivity index is 2.00. The Labute approximate surface area is 117 Å². The quantitative estimate of drug-likeness (QED) is 0.846. The predicted molar refractivity (Wildman–Crippen MR) is 76.1 cm³/mol. The lowest BCUT2D eigenvalue weighted by Gasteiger charge is -2.36. The predicted octanol–water partition coefficient (Wildman–Crippen LogP) is 3.11. The van der Waals surface area contributed by atoms with Crippen LogP contribution in [0.5, 0.6) is 0 Å². The first-order valence-electron chi connectivity index (χ1n) is 6.39. The van der Waals surface area contributed by atoms with Crippen molar-refractivity contribution in [3.05, 3.63) is 34.1 Å². The Morgan fingerprint density at radius 2 is 2.22 bits per heavy atom. The zero-order valence-corrected chi connectivity index (χ0v) is 12.6. The van der Waals surface area contributed by atoms with Gasteiger partial charge in [0.1, 0.15) is 5.82 Å². The van der Waals surface area contributed by atoms with Crippen LogP contribution in [0, 0.1) is 5.82 Å². The van der Waals surface area contributed by atoms with E-state index in [1.54, 1.807) is 6.07 Å². The molecule has 100 valence electrons. The van der Waals surface area contributed by atoms with Crippen molar-refractivity contribution in [1.82, 2.24) is 9.80 Å². The van der Waals surface area contributed by atoms with Crippen molar-refractivity contribution in [2.45, 2.75) is 25.4 Å². The second-order valence-corrected chi connectivity index (χ2v) is 6.08. The van der Waals surface area contributed by atoms with Crippen molar-refractivity contribution in [3.63, 3.8) is 0 Å². The van der Waals surface area contributed by atoms with Crippen LogP contribution >= 0.6 is 15.9 Å². The van der Waals surface area contributed by atoms with Crippen molar-refractivity contribution >= 4 is 15.9 Å². The largest absolute Gasteiger partial charge is 0.305 e. The average Bonchev–Trinajstić information content (AvgIpc) is 2.33. The third-order valence-electron chi connectivity index (χ3n) is 3.62. The van der Waals surface area contributed by atoms with Gasteiger partial charge in [-0.05, 0) is 51.2 Å². The zero-order chi connectivity index (χ0) is 13.1. The van der Waals surface area contributed by atoms with Crippen LogP contribution in [-0.2, 0) is 6.54 Å². The smallest absolute Gasteiger partial charge is 0.124 e. The molecule has 0 bridgehead atoms. The van der Waals surface area contributed by atoms with Crippen LogP contribution in [0.25, 0.3) is 0 Å². The number of benzene rings is 1. The van der Waals surface area contributed by atoms with Gasteiger partial charge in [-0.2, -0.15) is 0 Å². The van der Waals surface area contributed by atoms with Crippen molar-refractivity contribution in [1.29, 1.82) is 0 Å². The Hall–Kier alpha value is -0.450. The molecule has 1 aromatic carbocycles. The van der Waals surface area contributed by atoms with E-state index in [0.717, 1.165) is 29.7 Å². The fourth-order valence-corrected chi connectivity index (χ4v) is 2.96. The van der Waals surface area contributed by atoms with Gasteiger partial charge in [-0.1, -0.05) is 22.0 Å². The number of nitrogens with zero attached hydrogens (tertiary/aromatic N) is 2. The molecule has 18 heavy (non-hydrogen) atoms. The fraction of sp³-hybridized carbons (Fsp3) is 0.571. The highest BCUT2D eigenvalue weighted by Gasteiger charge is 2.21. The molecule has 0 aliphatic carbocycles. The maximum absolute atomic E-state index is 13.0. The monoisotopic (exact) mass is 314 g/mol. The third-order valence-corrected chi connectivity index (χ3v) is 4.36. The summed E-state index contributed by atoms with van der Waals surface area (Å²) in [6.45, 7) is 3.12. The Kier molecular flexibility index (Phi) is 4.76. The van der Waals surface area contributed by atoms with Crippen molar-refractivity contribution in [2.75, 3.05) is 27.2 Å². The van der Waals surface area contributed by atoms with Crippen LogP contribution < -0.4 is 0 Å². The molecule has 0 radical (unpaired) electrons. The van der Waals surface area contributed by atoms with Crippen LogP contribution in [-0.4, -0.2) is 43.0 Å². The lowest BCUT2D eigenvalue weighted by atomic mass is 10.0. The van der Waals surface area contributed by atoms with E-state index in [9.17, 15) is 4.39 Å². The minimum atomic E-state index is -0.185. The lowest BCUT2D eigenvalue weighted by molar-refractivity contribution is 0.127. The molecule has 0 amide bonds. The SMILES string of the molecule is CN(C)C1CCCN(Cc2ccc(F)cc2Br)C1. The molecule has 0 spiro atoms. The summed E-state index contributed by atoms with van der Waals surface area (Å²) >= 11 is 3.44. The number of hydrogen-bond acceptors (Lipinski definition) is 2. The first-order valence-corrected chi connectivity index (χ1v) is 7.18. The van der Waals surface area contributed by atoms with E-state index in [4.69, 9.17) is 0 Å². The summed E-state index contributed by atoms with van der Waals surface area (Å²) in [5.41, 5.74) is 1.16. The fourth-order valence-electron chi connectivity index (χ4n) is 2.49. The van der Waals surface area contributed by atoms with Crippen LogP contribution in [0.1, 0.15) is 18.4 Å². The highest BCUT2D eigenvalue weighted by Crippen LogP contribution is 2.22. The van der Waals surface area contributed by atoms with Gasteiger partial charge in [-0.3, -0.25) is 4.90 Å². The number of likely N-dealkylation sites (N-methyl/N-ethyl adjacent to an activating group) is 1. The van der Waals surface area contributed by atoms with Crippen molar-refractivity contribution < 1.29 is 4.39 Å². The summed E-state index contributed by atoms with van der Waals surface area (Å²) in [5, 5.41) is 0. The number of piperidine rings is 1. The topological polar surface area (TPSA) is 6.48 Å². The van der Waals surface area contributed by atoms with Gasteiger partial charge in [0, 0.05) is 23.6 Å². The molecule has 1 aromatic rings. The van der Waals surface area contributed by atoms with E-state index in [-0.39, 0.29) is 5.82 Å². The van der Waals surface area contributed by atoms with Gasteiger partial charge in [-0.25, -0.2) is 4.39 Å². The second-order valence-electron chi connectivity index (χ2n) is 5.23. The maximum Gasteiger partial charge on any atom is 0.124 e. The van der Waals surface area contributed by atoms with Gasteiger partial charge >= 0.3 is 0 Å². The first-order chi connectivity index (χ1) is 8.56. The molecule has 1 unspecified atom stereocenters. The van der Waals surface area contributed by atoms with Crippen LogP contribution in [0.2, 0.25) is 0 Å². The Morgan fingerprint density at radius 3 is 2.89 bits per heavy atom. The van der Waals surface area contributed by atoms with Crippen LogP contribution in [0.4, 0.5) is 4.39 Å². The number of hydrogen-bond donors (Lipinski definition) is 0. The molecule has 2 nitrogen and oxygen atoms in total. The van der Waals surface area contributed by atoms with E-state index in [1.807, 2.05) is 6.07 Å². The molecule has 1 saturated heterocycles. The van der Waals surface area contributed by atoms with Crippen molar-refractivity contribution in [3.8, 4) is 0 Å². The van der Waals surface area contributed by atoms with E-state index in [2.05, 4.69) is 39.8 Å². The number of rotatable bonds is 3. The van der Waals surface area contributed by atoms with Crippen LogP contribution in [0.15, 0.2) is 22.7 Å². The van der Waals surface area contributed by atoms with Gasteiger partial charge in [0.15, 0.2) is 0 Å². The van der Waals surface area contributed by atoms with Gasteiger partial charge in [0.2, 0.25) is 0 Å². The molecule has 1 aliphatic heterocycles. The highest BCUT2D eigenvalue weighted by molar-refractivity contribution is 9.10. The van der Waals surface area contributed by atoms with Gasteiger partial charge in [0.25, 0.3) is 0 Å². The number of likely N-dealkylation sites (tertiary alicyclic amines) is 1. The molecule has 1 fully saturated rings. The minimum Gasteiger partial charge on any atom is -0.305 e. The van der Waals surface area contributed by atoms with E-state index in [0.29, 0.717) is 6.04 Å². The van der Waals surface area contributed by atoms with E-state index >= 15 is 0 Å². The summed E-state index contributed by atoms with van der Waals surface area (Å²) in [6, 6.07) is 5.59. The van der Waals surface area contributed by atoms with E-state index < -0.39 is 0 Å². The summed E-state index contributed by atoms with van der Waals surface area (Å²) in [4.78, 5) is 4.75. The second kappa shape index (κ2) is 6.13. The molecule has 0 saturated carbocycles. The molecule has 2 rings (SSSR count). The lowest BCUT2D eigenvalue weighted by Crippen LogP contribution is -2.44. The Morgan fingerprint density at radius 1 is 1.44 bits per heavy atom. The summed E-state index contributed by atoms with van der Waals surface area (Å²) in [5.74, 6) is -0.185. The minimum absolute atomic E-state index is 0.185. The van der Waals surface area contributed by atoms with Gasteiger partial charge < -0.3 is 4.90 Å². The normalized spacial score (nSPS) is 21.5. The zero-order valence-electron chi connectivity index (χ0n) is 11.0. The Bertz CT molecular complexity index is 409. The average molecular weight is 315 g/mol. The van der Waals surface area contributed by atoms with Crippen molar-refractivity contribution in [2.24, 2.45) is 0 Å². The molecular weight excluding hydrogens is 295 g/mol. The molecule has 4 heteroatoms. The first kappa shape index (κ1) is 14.0.